The number of carbonyl (C=O) groups excluding carboxylic acids is 1. The van der Waals surface area contributed by atoms with E-state index in [4.69, 9.17) is 11.6 Å². The molecule has 0 saturated carbocycles. The normalized spacial score (nSPS) is 11.0. The van der Waals surface area contributed by atoms with Crippen molar-refractivity contribution in [3.8, 4) is 0 Å². The van der Waals surface area contributed by atoms with Crippen LogP contribution < -0.4 is 5.32 Å². The highest BCUT2D eigenvalue weighted by atomic mass is 35.5. The van der Waals surface area contributed by atoms with Crippen LogP contribution in [0.25, 0.3) is 10.9 Å². The highest BCUT2D eigenvalue weighted by Gasteiger charge is 2.17. The molecule has 0 fully saturated rings. The van der Waals surface area contributed by atoms with Crippen molar-refractivity contribution in [2.75, 3.05) is 5.32 Å². The molecule has 1 aromatic heterocycles. The topological polar surface area (TPSA) is 42.0 Å². The molecule has 0 bridgehead atoms. The SMILES string of the molecule is CC(=O)c1cc2c(F)ccc(Cl)c2nc1Nc1cc(F)c(F)cc1F. The van der Waals surface area contributed by atoms with Gasteiger partial charge in [-0.25, -0.2) is 22.5 Å². The van der Waals surface area contributed by atoms with Gasteiger partial charge in [-0.05, 0) is 25.1 Å². The molecule has 1 N–H and O–H groups in total. The summed E-state index contributed by atoms with van der Waals surface area (Å²) in [6.07, 6.45) is 0. The van der Waals surface area contributed by atoms with Gasteiger partial charge in [0.1, 0.15) is 17.5 Å². The predicted molar refractivity (Wildman–Crippen MR) is 86.3 cm³/mol. The van der Waals surface area contributed by atoms with Crippen molar-refractivity contribution in [3.63, 3.8) is 0 Å². The lowest BCUT2D eigenvalue weighted by atomic mass is 10.1. The molecule has 0 aliphatic carbocycles. The maximum Gasteiger partial charge on any atom is 0.163 e. The van der Waals surface area contributed by atoms with Gasteiger partial charge in [-0.3, -0.25) is 4.79 Å². The lowest BCUT2D eigenvalue weighted by Crippen LogP contribution is -2.06. The van der Waals surface area contributed by atoms with E-state index < -0.39 is 34.7 Å². The molecule has 0 atom stereocenters. The molecule has 3 rings (SSSR count). The Kier molecular flexibility index (Phi) is 4.34. The van der Waals surface area contributed by atoms with Crippen LogP contribution in [0.2, 0.25) is 5.02 Å². The van der Waals surface area contributed by atoms with Crippen LogP contribution in [0.4, 0.5) is 29.1 Å². The number of pyridine rings is 1. The van der Waals surface area contributed by atoms with E-state index in [1.807, 2.05) is 0 Å². The molecule has 1 heterocycles. The van der Waals surface area contributed by atoms with E-state index in [0.29, 0.717) is 12.1 Å². The average Bonchev–Trinajstić information content (AvgIpc) is 2.55. The van der Waals surface area contributed by atoms with Crippen LogP contribution in [0, 0.1) is 23.3 Å². The van der Waals surface area contributed by atoms with Crippen molar-refractivity contribution in [2.45, 2.75) is 6.92 Å². The second-order valence-corrected chi connectivity index (χ2v) is 5.64. The van der Waals surface area contributed by atoms with Crippen LogP contribution in [0.1, 0.15) is 17.3 Å². The number of Topliss-reactive ketones (excluding diaryl/α,β-unsaturated/α-hetero) is 1. The van der Waals surface area contributed by atoms with Gasteiger partial charge >= 0.3 is 0 Å². The zero-order valence-corrected chi connectivity index (χ0v) is 13.4. The molecule has 2 aromatic carbocycles. The van der Waals surface area contributed by atoms with Gasteiger partial charge in [-0.15, -0.1) is 0 Å². The first-order chi connectivity index (χ1) is 11.8. The summed E-state index contributed by atoms with van der Waals surface area (Å²) in [6, 6.07) is 4.57. The maximum absolute atomic E-state index is 13.9. The first kappa shape index (κ1) is 17.2. The Morgan fingerprint density at radius 1 is 1.00 bits per heavy atom. The first-order valence-electron chi connectivity index (χ1n) is 6.99. The van der Waals surface area contributed by atoms with Crippen LogP contribution in [0.3, 0.4) is 0 Å². The predicted octanol–water partition coefficient (Wildman–Crippen LogP) is 5.39. The van der Waals surface area contributed by atoms with E-state index in [9.17, 15) is 22.4 Å². The Balaban J connectivity index is 2.21. The summed E-state index contributed by atoms with van der Waals surface area (Å²) in [7, 11) is 0. The number of halogens is 5. The highest BCUT2D eigenvalue weighted by Crippen LogP contribution is 2.31. The Hall–Kier alpha value is -2.67. The average molecular weight is 369 g/mol. The number of hydrogen-bond acceptors (Lipinski definition) is 3. The van der Waals surface area contributed by atoms with Crippen LogP contribution in [-0.4, -0.2) is 10.8 Å². The number of rotatable bonds is 3. The molecule has 0 saturated heterocycles. The van der Waals surface area contributed by atoms with Gasteiger partial charge in [-0.1, -0.05) is 11.6 Å². The van der Waals surface area contributed by atoms with Gasteiger partial charge < -0.3 is 5.32 Å². The van der Waals surface area contributed by atoms with Crippen LogP contribution in [-0.2, 0) is 0 Å². The number of nitrogens with zero attached hydrogens (tertiary/aromatic N) is 1. The molecular formula is C17H9ClF4N2O. The Bertz CT molecular complexity index is 1020. The first-order valence-corrected chi connectivity index (χ1v) is 7.37. The molecule has 0 amide bonds. The zero-order chi connectivity index (χ0) is 18.3. The molecule has 3 aromatic rings. The molecule has 0 aliphatic rings. The van der Waals surface area contributed by atoms with Crippen molar-refractivity contribution in [2.24, 2.45) is 0 Å². The van der Waals surface area contributed by atoms with Crippen molar-refractivity contribution in [1.29, 1.82) is 0 Å². The summed E-state index contributed by atoms with van der Waals surface area (Å²) < 4.78 is 54.2. The molecular weight excluding hydrogens is 360 g/mol. The number of ketones is 1. The summed E-state index contributed by atoms with van der Waals surface area (Å²) in [5.74, 6) is -5.00. The number of carbonyl (C=O) groups is 1. The fourth-order valence-corrected chi connectivity index (χ4v) is 2.51. The van der Waals surface area contributed by atoms with Gasteiger partial charge in [0.05, 0.1) is 21.8 Å². The fraction of sp³-hybridized carbons (Fsp3) is 0.0588. The Morgan fingerprint density at radius 3 is 2.36 bits per heavy atom. The van der Waals surface area contributed by atoms with E-state index in [-0.39, 0.29) is 27.3 Å². The number of hydrogen-bond donors (Lipinski definition) is 1. The van der Waals surface area contributed by atoms with Crippen molar-refractivity contribution in [1.82, 2.24) is 4.98 Å². The summed E-state index contributed by atoms with van der Waals surface area (Å²) in [6.45, 7) is 1.21. The monoisotopic (exact) mass is 368 g/mol. The van der Waals surface area contributed by atoms with Gasteiger partial charge in [0.2, 0.25) is 0 Å². The quantitative estimate of drug-likeness (QED) is 0.383. The molecule has 3 nitrogen and oxygen atoms in total. The van der Waals surface area contributed by atoms with Crippen molar-refractivity contribution >= 4 is 39.8 Å². The Labute approximate surface area is 144 Å². The third-order valence-electron chi connectivity index (χ3n) is 3.52. The van der Waals surface area contributed by atoms with E-state index in [1.165, 1.54) is 19.1 Å². The third-order valence-corrected chi connectivity index (χ3v) is 3.83. The Morgan fingerprint density at radius 2 is 1.68 bits per heavy atom. The van der Waals surface area contributed by atoms with E-state index in [1.54, 1.807) is 0 Å². The van der Waals surface area contributed by atoms with Gasteiger partial charge in [0.25, 0.3) is 0 Å². The standard InChI is InChI=1S/C17H9ClF4N2O/c1-7(25)8-4-9-11(19)3-2-10(18)16(9)24-17(8)23-15-6-13(21)12(20)5-14(15)22/h2-6H,1H3,(H,23,24). The highest BCUT2D eigenvalue weighted by molar-refractivity contribution is 6.35. The molecule has 8 heteroatoms. The summed E-state index contributed by atoms with van der Waals surface area (Å²) >= 11 is 5.99. The van der Waals surface area contributed by atoms with Crippen LogP contribution >= 0.6 is 11.6 Å². The smallest absolute Gasteiger partial charge is 0.163 e. The zero-order valence-electron chi connectivity index (χ0n) is 12.6. The summed E-state index contributed by atoms with van der Waals surface area (Å²) in [5, 5.41) is 2.55. The molecule has 0 aliphatic heterocycles. The second kappa shape index (κ2) is 6.33. The molecule has 0 radical (unpaired) electrons. The fourth-order valence-electron chi connectivity index (χ4n) is 2.30. The van der Waals surface area contributed by atoms with Crippen molar-refractivity contribution < 1.29 is 22.4 Å². The third kappa shape index (κ3) is 3.15. The van der Waals surface area contributed by atoms with Crippen LogP contribution in [0.5, 0.6) is 0 Å². The van der Waals surface area contributed by atoms with Gasteiger partial charge in [0.15, 0.2) is 17.4 Å². The number of nitrogens with one attached hydrogen (secondary N) is 1. The van der Waals surface area contributed by atoms with Crippen LogP contribution in [0.15, 0.2) is 30.3 Å². The number of anilines is 2. The van der Waals surface area contributed by atoms with E-state index in [2.05, 4.69) is 10.3 Å². The van der Waals surface area contributed by atoms with Crippen molar-refractivity contribution in [3.05, 3.63) is 64.2 Å². The minimum atomic E-state index is -1.36. The maximum atomic E-state index is 13.9. The second-order valence-electron chi connectivity index (χ2n) is 5.24. The lowest BCUT2D eigenvalue weighted by Gasteiger charge is -2.13. The largest absolute Gasteiger partial charge is 0.337 e. The number of benzene rings is 2. The minimum absolute atomic E-state index is 0.00834. The molecule has 0 unspecified atom stereocenters. The number of aromatic nitrogens is 1. The van der Waals surface area contributed by atoms with E-state index >= 15 is 0 Å². The van der Waals surface area contributed by atoms with E-state index in [0.717, 1.165) is 6.07 Å². The number of fused-ring (bicyclic) bond motifs is 1. The van der Waals surface area contributed by atoms with Gasteiger partial charge in [-0.2, -0.15) is 0 Å². The molecule has 0 spiro atoms. The van der Waals surface area contributed by atoms with Gasteiger partial charge in [0, 0.05) is 17.5 Å². The molecule has 128 valence electrons. The summed E-state index contributed by atoms with van der Waals surface area (Å²) in [4.78, 5) is 15.9. The molecule has 25 heavy (non-hydrogen) atoms. The lowest BCUT2D eigenvalue weighted by molar-refractivity contribution is 0.101. The minimum Gasteiger partial charge on any atom is -0.337 e. The summed E-state index contributed by atoms with van der Waals surface area (Å²) in [5.41, 5.74) is -0.448.